The van der Waals surface area contributed by atoms with Crippen LogP contribution in [0.15, 0.2) is 29.8 Å². The number of esters is 1. The second-order valence-corrected chi connectivity index (χ2v) is 3.48. The SMILES string of the molecule is CCOC(=O)/C(=C/c1ccccc1Cl)CO. The van der Waals surface area contributed by atoms with Crippen molar-refractivity contribution >= 4 is 23.6 Å². The van der Waals surface area contributed by atoms with Crippen LogP contribution < -0.4 is 0 Å². The van der Waals surface area contributed by atoms with Crippen LogP contribution in [0.25, 0.3) is 6.08 Å². The Morgan fingerprint density at radius 2 is 2.19 bits per heavy atom. The van der Waals surface area contributed by atoms with E-state index in [1.165, 1.54) is 6.08 Å². The average molecular weight is 241 g/mol. The van der Waals surface area contributed by atoms with E-state index in [2.05, 4.69) is 0 Å². The molecule has 0 aliphatic rings. The first-order chi connectivity index (χ1) is 7.69. The minimum absolute atomic E-state index is 0.190. The molecular weight excluding hydrogens is 228 g/mol. The fourth-order valence-corrected chi connectivity index (χ4v) is 1.36. The third kappa shape index (κ3) is 3.36. The molecule has 0 aromatic heterocycles. The van der Waals surface area contributed by atoms with Gasteiger partial charge >= 0.3 is 5.97 Å². The highest BCUT2D eigenvalue weighted by Crippen LogP contribution is 2.18. The molecule has 0 aliphatic heterocycles. The predicted octanol–water partition coefficient (Wildman–Crippen LogP) is 2.28. The smallest absolute Gasteiger partial charge is 0.336 e. The van der Waals surface area contributed by atoms with Crippen LogP contribution in [0, 0.1) is 0 Å². The number of aliphatic hydroxyl groups is 1. The van der Waals surface area contributed by atoms with Crippen LogP contribution in [-0.2, 0) is 9.53 Å². The van der Waals surface area contributed by atoms with Crippen molar-refractivity contribution in [3.63, 3.8) is 0 Å². The zero-order valence-corrected chi connectivity index (χ0v) is 9.70. The summed E-state index contributed by atoms with van der Waals surface area (Å²) in [7, 11) is 0. The lowest BCUT2D eigenvalue weighted by Gasteiger charge is -2.04. The summed E-state index contributed by atoms with van der Waals surface area (Å²) in [6.45, 7) is 1.62. The Labute approximate surface area is 99.3 Å². The molecule has 0 fully saturated rings. The van der Waals surface area contributed by atoms with Gasteiger partial charge in [-0.1, -0.05) is 29.8 Å². The molecule has 0 unspecified atom stereocenters. The number of aliphatic hydroxyl groups excluding tert-OH is 1. The molecule has 0 saturated heterocycles. The summed E-state index contributed by atoms with van der Waals surface area (Å²) in [5.41, 5.74) is 0.871. The van der Waals surface area contributed by atoms with Crippen LogP contribution in [0.2, 0.25) is 5.02 Å². The van der Waals surface area contributed by atoms with E-state index >= 15 is 0 Å². The second-order valence-electron chi connectivity index (χ2n) is 3.07. The van der Waals surface area contributed by atoms with Crippen molar-refractivity contribution in [2.24, 2.45) is 0 Å². The molecule has 16 heavy (non-hydrogen) atoms. The first-order valence-electron chi connectivity index (χ1n) is 4.92. The van der Waals surface area contributed by atoms with Crippen LogP contribution in [0.5, 0.6) is 0 Å². The maximum atomic E-state index is 11.4. The number of ether oxygens (including phenoxy) is 1. The Balaban J connectivity index is 2.96. The van der Waals surface area contributed by atoms with E-state index in [9.17, 15) is 4.79 Å². The monoisotopic (exact) mass is 240 g/mol. The van der Waals surface area contributed by atoms with Gasteiger partial charge in [0, 0.05) is 5.02 Å². The van der Waals surface area contributed by atoms with Crippen LogP contribution in [-0.4, -0.2) is 24.3 Å². The van der Waals surface area contributed by atoms with Crippen molar-refractivity contribution < 1.29 is 14.6 Å². The minimum Gasteiger partial charge on any atom is -0.463 e. The average Bonchev–Trinajstić information content (AvgIpc) is 2.28. The Bertz CT molecular complexity index is 399. The lowest BCUT2D eigenvalue weighted by Crippen LogP contribution is -2.10. The predicted molar refractivity (Wildman–Crippen MR) is 63.1 cm³/mol. The van der Waals surface area contributed by atoms with Gasteiger partial charge in [-0.05, 0) is 24.6 Å². The van der Waals surface area contributed by atoms with E-state index in [0.29, 0.717) is 10.6 Å². The molecule has 0 bridgehead atoms. The number of halogens is 1. The maximum absolute atomic E-state index is 11.4. The quantitative estimate of drug-likeness (QED) is 0.649. The zero-order chi connectivity index (χ0) is 12.0. The Kier molecular flexibility index (Phi) is 5.02. The molecule has 0 heterocycles. The summed E-state index contributed by atoms with van der Waals surface area (Å²) in [6.07, 6.45) is 1.53. The fraction of sp³-hybridized carbons (Fsp3) is 0.250. The number of carbonyl (C=O) groups is 1. The Hall–Kier alpha value is -1.32. The van der Waals surface area contributed by atoms with E-state index in [0.717, 1.165) is 0 Å². The molecule has 1 N–H and O–H groups in total. The molecule has 0 atom stereocenters. The molecule has 0 saturated carbocycles. The third-order valence-electron chi connectivity index (χ3n) is 1.94. The summed E-state index contributed by atoms with van der Waals surface area (Å²) in [5.74, 6) is -0.523. The fourth-order valence-electron chi connectivity index (χ4n) is 1.17. The summed E-state index contributed by atoms with van der Waals surface area (Å²) in [5, 5.41) is 9.59. The largest absolute Gasteiger partial charge is 0.463 e. The van der Waals surface area contributed by atoms with E-state index in [4.69, 9.17) is 21.4 Å². The van der Waals surface area contributed by atoms with Crippen LogP contribution in [0.3, 0.4) is 0 Å². The number of rotatable bonds is 4. The van der Waals surface area contributed by atoms with Gasteiger partial charge in [-0.15, -0.1) is 0 Å². The van der Waals surface area contributed by atoms with Crippen molar-refractivity contribution in [3.8, 4) is 0 Å². The van der Waals surface area contributed by atoms with Gasteiger partial charge in [0.05, 0.1) is 18.8 Å². The zero-order valence-electron chi connectivity index (χ0n) is 8.94. The van der Waals surface area contributed by atoms with Gasteiger partial charge in [0.2, 0.25) is 0 Å². The van der Waals surface area contributed by atoms with E-state index in [1.807, 2.05) is 0 Å². The number of hydrogen-bond donors (Lipinski definition) is 1. The highest BCUT2D eigenvalue weighted by molar-refractivity contribution is 6.32. The van der Waals surface area contributed by atoms with E-state index in [1.54, 1.807) is 31.2 Å². The molecule has 86 valence electrons. The molecule has 3 nitrogen and oxygen atoms in total. The lowest BCUT2D eigenvalue weighted by atomic mass is 10.1. The number of benzene rings is 1. The molecule has 0 spiro atoms. The highest BCUT2D eigenvalue weighted by atomic mass is 35.5. The molecule has 0 aliphatic carbocycles. The normalized spacial score (nSPS) is 11.3. The Morgan fingerprint density at radius 3 is 2.75 bits per heavy atom. The van der Waals surface area contributed by atoms with Gasteiger partial charge in [0.1, 0.15) is 0 Å². The van der Waals surface area contributed by atoms with Crippen molar-refractivity contribution in [1.29, 1.82) is 0 Å². The molecule has 4 heteroatoms. The van der Waals surface area contributed by atoms with Gasteiger partial charge in [-0.2, -0.15) is 0 Å². The van der Waals surface area contributed by atoms with Crippen molar-refractivity contribution in [1.82, 2.24) is 0 Å². The number of hydrogen-bond acceptors (Lipinski definition) is 3. The van der Waals surface area contributed by atoms with Crippen molar-refractivity contribution in [2.45, 2.75) is 6.92 Å². The Morgan fingerprint density at radius 1 is 1.50 bits per heavy atom. The van der Waals surface area contributed by atoms with Crippen LogP contribution >= 0.6 is 11.6 Å². The molecule has 0 radical (unpaired) electrons. The lowest BCUT2D eigenvalue weighted by molar-refractivity contribution is -0.138. The van der Waals surface area contributed by atoms with Crippen LogP contribution in [0.1, 0.15) is 12.5 Å². The summed E-state index contributed by atoms with van der Waals surface area (Å²) >= 11 is 5.93. The topological polar surface area (TPSA) is 46.5 Å². The number of carbonyl (C=O) groups excluding carboxylic acids is 1. The van der Waals surface area contributed by atoms with Crippen LogP contribution in [0.4, 0.5) is 0 Å². The summed E-state index contributed by atoms with van der Waals surface area (Å²) < 4.78 is 4.80. The van der Waals surface area contributed by atoms with Gasteiger partial charge in [0.15, 0.2) is 0 Å². The molecule has 1 aromatic carbocycles. The van der Waals surface area contributed by atoms with E-state index in [-0.39, 0.29) is 18.8 Å². The molecule has 0 amide bonds. The standard InChI is InChI=1S/C12H13ClO3/c1-2-16-12(15)10(8-14)7-9-5-3-4-6-11(9)13/h3-7,14H,2,8H2,1H3/b10-7+. The molecular formula is C12H13ClO3. The van der Waals surface area contributed by atoms with Gasteiger partial charge in [0.25, 0.3) is 0 Å². The van der Waals surface area contributed by atoms with Gasteiger partial charge in [-0.3, -0.25) is 0 Å². The third-order valence-corrected chi connectivity index (χ3v) is 2.29. The van der Waals surface area contributed by atoms with Gasteiger partial charge in [-0.25, -0.2) is 4.79 Å². The summed E-state index contributed by atoms with van der Waals surface area (Å²) in [4.78, 5) is 11.4. The first kappa shape index (κ1) is 12.7. The van der Waals surface area contributed by atoms with E-state index < -0.39 is 5.97 Å². The maximum Gasteiger partial charge on any atom is 0.336 e. The second kappa shape index (κ2) is 6.30. The van der Waals surface area contributed by atoms with Gasteiger partial charge < -0.3 is 9.84 Å². The van der Waals surface area contributed by atoms with Crippen molar-refractivity contribution in [2.75, 3.05) is 13.2 Å². The molecule has 1 aromatic rings. The first-order valence-corrected chi connectivity index (χ1v) is 5.30. The van der Waals surface area contributed by atoms with Crippen molar-refractivity contribution in [3.05, 3.63) is 40.4 Å². The minimum atomic E-state index is -0.523. The summed E-state index contributed by atoms with van der Waals surface area (Å²) in [6, 6.07) is 7.07. The molecule has 1 rings (SSSR count). The highest BCUT2D eigenvalue weighted by Gasteiger charge is 2.09.